The summed E-state index contributed by atoms with van der Waals surface area (Å²) < 4.78 is 10.4. The number of hydrogen-bond donors (Lipinski definition) is 0. The first-order valence-electron chi connectivity index (χ1n) is 4.18. The molecule has 0 aliphatic heterocycles. The number of rotatable bonds is 6. The second kappa shape index (κ2) is 6.62. The molecule has 0 aromatic carbocycles. The summed E-state index contributed by atoms with van der Waals surface area (Å²) in [6, 6.07) is 0. The van der Waals surface area contributed by atoms with Gasteiger partial charge in [-0.2, -0.15) is 0 Å². The lowest BCUT2D eigenvalue weighted by molar-refractivity contribution is 0.0772. The van der Waals surface area contributed by atoms with Crippen molar-refractivity contribution in [2.24, 2.45) is 0 Å². The summed E-state index contributed by atoms with van der Waals surface area (Å²) in [5, 5.41) is 0. The van der Waals surface area contributed by atoms with Gasteiger partial charge in [-0.3, -0.25) is 0 Å². The van der Waals surface area contributed by atoms with E-state index in [1.807, 2.05) is 13.8 Å². The van der Waals surface area contributed by atoms with Crippen molar-refractivity contribution in [2.75, 3.05) is 13.7 Å². The average Bonchev–Trinajstić information content (AvgIpc) is 2.01. The molecule has 2 heteroatoms. The van der Waals surface area contributed by atoms with E-state index in [1.54, 1.807) is 7.11 Å². The van der Waals surface area contributed by atoms with Crippen molar-refractivity contribution in [1.29, 1.82) is 0 Å². The second-order valence-electron chi connectivity index (χ2n) is 2.68. The predicted octanol–water partition coefficient (Wildman–Crippen LogP) is 2.04. The maximum atomic E-state index is 5.33. The Balaban J connectivity index is 3.22. The Kier molecular flexibility index (Phi) is 6.57. The monoisotopic (exact) mass is 159 g/mol. The van der Waals surface area contributed by atoms with Gasteiger partial charge in [0.2, 0.25) is 0 Å². The SMILES string of the molecule is CCOC(C)[CH]CC(C)OC. The molecule has 0 fully saturated rings. The minimum absolute atomic E-state index is 0.248. The summed E-state index contributed by atoms with van der Waals surface area (Å²) in [5.41, 5.74) is 0. The molecular weight excluding hydrogens is 140 g/mol. The summed E-state index contributed by atoms with van der Waals surface area (Å²) in [5.74, 6) is 0. The van der Waals surface area contributed by atoms with Crippen LogP contribution in [0.3, 0.4) is 0 Å². The Morgan fingerprint density at radius 1 is 1.36 bits per heavy atom. The maximum absolute atomic E-state index is 5.33. The van der Waals surface area contributed by atoms with Crippen LogP contribution in [-0.2, 0) is 9.47 Å². The van der Waals surface area contributed by atoms with Crippen LogP contribution in [0.25, 0.3) is 0 Å². The van der Waals surface area contributed by atoms with Gasteiger partial charge in [-0.15, -0.1) is 0 Å². The smallest absolute Gasteiger partial charge is 0.0579 e. The molecule has 2 atom stereocenters. The lowest BCUT2D eigenvalue weighted by atomic mass is 10.1. The topological polar surface area (TPSA) is 18.5 Å². The highest BCUT2D eigenvalue weighted by Gasteiger charge is 2.04. The van der Waals surface area contributed by atoms with Crippen molar-refractivity contribution in [3.63, 3.8) is 0 Å². The van der Waals surface area contributed by atoms with Crippen molar-refractivity contribution in [2.45, 2.75) is 39.4 Å². The molecular formula is C9H19O2. The van der Waals surface area contributed by atoms with Gasteiger partial charge in [0.15, 0.2) is 0 Å². The van der Waals surface area contributed by atoms with Crippen LogP contribution >= 0.6 is 0 Å². The zero-order valence-corrected chi connectivity index (χ0v) is 7.96. The minimum atomic E-state index is 0.248. The lowest BCUT2D eigenvalue weighted by Crippen LogP contribution is -2.13. The van der Waals surface area contributed by atoms with E-state index >= 15 is 0 Å². The molecule has 0 rings (SSSR count). The zero-order chi connectivity index (χ0) is 8.69. The molecule has 0 bridgehead atoms. The van der Waals surface area contributed by atoms with Gasteiger partial charge in [0, 0.05) is 13.7 Å². The maximum Gasteiger partial charge on any atom is 0.0579 e. The first-order valence-corrected chi connectivity index (χ1v) is 4.18. The molecule has 0 saturated heterocycles. The van der Waals surface area contributed by atoms with Gasteiger partial charge < -0.3 is 9.47 Å². The van der Waals surface area contributed by atoms with Crippen molar-refractivity contribution in [1.82, 2.24) is 0 Å². The van der Waals surface area contributed by atoms with Crippen LogP contribution in [0.2, 0.25) is 0 Å². The molecule has 0 aromatic rings. The summed E-state index contributed by atoms with van der Waals surface area (Å²) in [6.45, 7) is 6.88. The highest BCUT2D eigenvalue weighted by molar-refractivity contribution is 4.75. The third-order valence-corrected chi connectivity index (χ3v) is 1.63. The molecule has 1 radical (unpaired) electrons. The average molecular weight is 159 g/mol. The van der Waals surface area contributed by atoms with Crippen LogP contribution in [0, 0.1) is 6.42 Å². The molecule has 0 aliphatic carbocycles. The first-order chi connectivity index (χ1) is 5.20. The van der Waals surface area contributed by atoms with Gasteiger partial charge in [-0.25, -0.2) is 0 Å². The molecule has 0 N–H and O–H groups in total. The van der Waals surface area contributed by atoms with Crippen LogP contribution < -0.4 is 0 Å². The summed E-state index contributed by atoms with van der Waals surface area (Å²) >= 11 is 0. The third kappa shape index (κ3) is 6.32. The number of methoxy groups -OCH3 is 1. The van der Waals surface area contributed by atoms with Gasteiger partial charge in [-0.1, -0.05) is 0 Å². The van der Waals surface area contributed by atoms with Crippen molar-refractivity contribution in [3.05, 3.63) is 6.42 Å². The van der Waals surface area contributed by atoms with Gasteiger partial charge in [0.25, 0.3) is 0 Å². The van der Waals surface area contributed by atoms with Crippen molar-refractivity contribution in [3.8, 4) is 0 Å². The largest absolute Gasteiger partial charge is 0.382 e. The normalized spacial score (nSPS) is 16.4. The molecule has 2 unspecified atom stereocenters. The van der Waals surface area contributed by atoms with Crippen LogP contribution in [-0.4, -0.2) is 25.9 Å². The Labute approximate surface area is 69.9 Å². The highest BCUT2D eigenvalue weighted by Crippen LogP contribution is 2.04. The molecule has 67 valence electrons. The zero-order valence-electron chi connectivity index (χ0n) is 7.96. The fourth-order valence-electron chi connectivity index (χ4n) is 0.810. The Morgan fingerprint density at radius 2 is 2.00 bits per heavy atom. The van der Waals surface area contributed by atoms with Crippen LogP contribution in [0.15, 0.2) is 0 Å². The van der Waals surface area contributed by atoms with Gasteiger partial charge >= 0.3 is 0 Å². The van der Waals surface area contributed by atoms with E-state index in [-0.39, 0.29) is 6.10 Å². The van der Waals surface area contributed by atoms with E-state index in [4.69, 9.17) is 9.47 Å². The lowest BCUT2D eigenvalue weighted by Gasteiger charge is -2.13. The van der Waals surface area contributed by atoms with Gasteiger partial charge in [0.05, 0.1) is 12.2 Å². The molecule has 0 aliphatic rings. The Bertz CT molecular complexity index is 83.6. The van der Waals surface area contributed by atoms with Crippen molar-refractivity contribution >= 4 is 0 Å². The fourth-order valence-corrected chi connectivity index (χ4v) is 0.810. The standard InChI is InChI=1S/C9H19O2/c1-5-11-9(3)7-6-8(2)10-4/h7-9H,5-6H2,1-4H3. The summed E-state index contributed by atoms with van der Waals surface area (Å²) in [7, 11) is 1.73. The molecule has 0 heterocycles. The van der Waals surface area contributed by atoms with E-state index in [9.17, 15) is 0 Å². The second-order valence-corrected chi connectivity index (χ2v) is 2.68. The molecule has 11 heavy (non-hydrogen) atoms. The molecule has 0 saturated carbocycles. The van der Waals surface area contributed by atoms with Crippen molar-refractivity contribution < 1.29 is 9.47 Å². The van der Waals surface area contributed by atoms with E-state index in [2.05, 4.69) is 13.3 Å². The third-order valence-electron chi connectivity index (χ3n) is 1.63. The first kappa shape index (κ1) is 10.9. The predicted molar refractivity (Wildman–Crippen MR) is 46.5 cm³/mol. The highest BCUT2D eigenvalue weighted by atomic mass is 16.5. The van der Waals surface area contributed by atoms with E-state index in [0.29, 0.717) is 6.10 Å². The summed E-state index contributed by atoms with van der Waals surface area (Å²) in [4.78, 5) is 0. The van der Waals surface area contributed by atoms with Crippen LogP contribution in [0.4, 0.5) is 0 Å². The van der Waals surface area contributed by atoms with E-state index in [0.717, 1.165) is 13.0 Å². The minimum Gasteiger partial charge on any atom is -0.382 e. The van der Waals surface area contributed by atoms with Gasteiger partial charge in [0.1, 0.15) is 0 Å². The van der Waals surface area contributed by atoms with Crippen LogP contribution in [0.1, 0.15) is 27.2 Å². The van der Waals surface area contributed by atoms with Crippen LogP contribution in [0.5, 0.6) is 0 Å². The fraction of sp³-hybridized carbons (Fsp3) is 0.889. The molecule has 0 amide bonds. The summed E-state index contributed by atoms with van der Waals surface area (Å²) in [6.07, 6.45) is 3.64. The van der Waals surface area contributed by atoms with E-state index in [1.165, 1.54) is 0 Å². The van der Waals surface area contributed by atoms with E-state index < -0.39 is 0 Å². The quantitative estimate of drug-likeness (QED) is 0.590. The number of ether oxygens (including phenoxy) is 2. The molecule has 0 spiro atoms. The molecule has 2 nitrogen and oxygen atoms in total. The number of hydrogen-bond acceptors (Lipinski definition) is 2. The Morgan fingerprint density at radius 3 is 2.45 bits per heavy atom. The van der Waals surface area contributed by atoms with Gasteiger partial charge in [-0.05, 0) is 33.6 Å². The molecule has 0 aromatic heterocycles. The Hall–Kier alpha value is -0.0800.